The highest BCUT2D eigenvalue weighted by Gasteiger charge is 2.16. The second-order valence-corrected chi connectivity index (χ2v) is 3.93. The third kappa shape index (κ3) is 3.14. The van der Waals surface area contributed by atoms with Gasteiger partial charge in [-0.3, -0.25) is 0 Å². The largest absolute Gasteiger partial charge is 0.472 e. The van der Waals surface area contributed by atoms with Gasteiger partial charge in [0, 0.05) is 0 Å². The van der Waals surface area contributed by atoms with Gasteiger partial charge in [-0.15, -0.1) is 0 Å². The van der Waals surface area contributed by atoms with Gasteiger partial charge >= 0.3 is 5.97 Å². The number of nitriles is 1. The van der Waals surface area contributed by atoms with Crippen LogP contribution in [0.2, 0.25) is 0 Å². The van der Waals surface area contributed by atoms with Crippen LogP contribution >= 0.6 is 0 Å². The van der Waals surface area contributed by atoms with Crippen LogP contribution < -0.4 is 4.74 Å². The average Bonchev–Trinajstić information content (AvgIpc) is 2.94. The molecule has 0 aliphatic rings. The van der Waals surface area contributed by atoms with Gasteiger partial charge < -0.3 is 9.47 Å². The van der Waals surface area contributed by atoms with Gasteiger partial charge in [-0.2, -0.15) is 10.4 Å². The van der Waals surface area contributed by atoms with Crippen LogP contribution in [0, 0.1) is 11.3 Å². The molecule has 6 nitrogen and oxygen atoms in total. The predicted molar refractivity (Wildman–Crippen MR) is 70.0 cm³/mol. The molecule has 6 heteroatoms. The standard InChI is InChI=1S/C14H13N3O3/c1-2-19-14(18)12-8-16-17-13(12)20-9-11-5-3-10(7-15)4-6-11/h3-6,8H,2,9H2,1H3,(H,16,17). The van der Waals surface area contributed by atoms with Gasteiger partial charge in [0.15, 0.2) is 0 Å². The van der Waals surface area contributed by atoms with E-state index in [1.54, 1.807) is 31.2 Å². The van der Waals surface area contributed by atoms with Crippen molar-refractivity contribution in [2.45, 2.75) is 13.5 Å². The molecule has 0 saturated carbocycles. The highest BCUT2D eigenvalue weighted by molar-refractivity contribution is 5.91. The molecular formula is C14H13N3O3. The predicted octanol–water partition coefficient (Wildman–Crippen LogP) is 2.04. The van der Waals surface area contributed by atoms with E-state index in [2.05, 4.69) is 10.2 Å². The Labute approximate surface area is 115 Å². The lowest BCUT2D eigenvalue weighted by Gasteiger charge is -2.06. The van der Waals surface area contributed by atoms with Crippen LogP contribution in [0.4, 0.5) is 0 Å². The maximum absolute atomic E-state index is 11.6. The lowest BCUT2D eigenvalue weighted by molar-refractivity contribution is 0.0521. The fourth-order valence-electron chi connectivity index (χ4n) is 1.57. The second kappa shape index (κ2) is 6.38. The molecule has 1 aromatic heterocycles. The summed E-state index contributed by atoms with van der Waals surface area (Å²) in [4.78, 5) is 11.6. The molecule has 1 N–H and O–H groups in total. The minimum Gasteiger partial charge on any atom is -0.472 e. The van der Waals surface area contributed by atoms with Gasteiger partial charge in [0.2, 0.25) is 5.88 Å². The summed E-state index contributed by atoms with van der Waals surface area (Å²) < 4.78 is 10.4. The number of nitrogens with zero attached hydrogens (tertiary/aromatic N) is 2. The maximum atomic E-state index is 11.6. The van der Waals surface area contributed by atoms with E-state index in [0.29, 0.717) is 12.2 Å². The zero-order valence-corrected chi connectivity index (χ0v) is 10.9. The normalized spacial score (nSPS) is 9.80. The summed E-state index contributed by atoms with van der Waals surface area (Å²) in [5.74, 6) is -0.205. The Morgan fingerprint density at radius 2 is 2.15 bits per heavy atom. The number of ether oxygens (including phenoxy) is 2. The van der Waals surface area contributed by atoms with E-state index in [0.717, 1.165) is 5.56 Å². The highest BCUT2D eigenvalue weighted by Crippen LogP contribution is 2.17. The van der Waals surface area contributed by atoms with E-state index >= 15 is 0 Å². The highest BCUT2D eigenvalue weighted by atomic mass is 16.5. The molecule has 1 aromatic carbocycles. The maximum Gasteiger partial charge on any atom is 0.345 e. The SMILES string of the molecule is CCOC(=O)c1cn[nH]c1OCc1ccc(C#N)cc1. The Balaban J connectivity index is 2.02. The molecule has 1 heterocycles. The molecule has 0 amide bonds. The van der Waals surface area contributed by atoms with Crippen molar-refractivity contribution >= 4 is 5.97 Å². The fraction of sp³-hybridized carbons (Fsp3) is 0.214. The monoisotopic (exact) mass is 271 g/mol. The fourth-order valence-corrected chi connectivity index (χ4v) is 1.57. The van der Waals surface area contributed by atoms with Crippen LogP contribution in [0.5, 0.6) is 5.88 Å². The molecular weight excluding hydrogens is 258 g/mol. The quantitative estimate of drug-likeness (QED) is 0.841. The number of carbonyl (C=O) groups excluding carboxylic acids is 1. The third-order valence-electron chi connectivity index (χ3n) is 2.57. The molecule has 0 aliphatic heterocycles. The summed E-state index contributed by atoms with van der Waals surface area (Å²) in [5, 5.41) is 15.1. The van der Waals surface area contributed by atoms with E-state index in [-0.39, 0.29) is 18.1 Å². The van der Waals surface area contributed by atoms with Gasteiger partial charge in [-0.1, -0.05) is 12.1 Å². The number of benzene rings is 1. The van der Waals surface area contributed by atoms with Crippen LogP contribution in [-0.2, 0) is 11.3 Å². The first-order valence-corrected chi connectivity index (χ1v) is 6.07. The topological polar surface area (TPSA) is 88.0 Å². The van der Waals surface area contributed by atoms with Crippen molar-refractivity contribution in [2.75, 3.05) is 6.61 Å². The number of hydrogen-bond acceptors (Lipinski definition) is 5. The Morgan fingerprint density at radius 3 is 2.80 bits per heavy atom. The number of H-pyrrole nitrogens is 1. The molecule has 0 spiro atoms. The molecule has 0 atom stereocenters. The lowest BCUT2D eigenvalue weighted by atomic mass is 10.2. The third-order valence-corrected chi connectivity index (χ3v) is 2.57. The summed E-state index contributed by atoms with van der Waals surface area (Å²) in [7, 11) is 0. The van der Waals surface area contributed by atoms with Crippen LogP contribution in [0.1, 0.15) is 28.4 Å². The van der Waals surface area contributed by atoms with E-state index in [1.165, 1.54) is 6.20 Å². The molecule has 0 fully saturated rings. The molecule has 0 bridgehead atoms. The van der Waals surface area contributed by atoms with Crippen molar-refractivity contribution in [3.8, 4) is 11.9 Å². The van der Waals surface area contributed by atoms with Crippen molar-refractivity contribution in [3.63, 3.8) is 0 Å². The van der Waals surface area contributed by atoms with E-state index in [1.807, 2.05) is 6.07 Å². The first-order chi connectivity index (χ1) is 9.74. The summed E-state index contributed by atoms with van der Waals surface area (Å²) in [5.41, 5.74) is 1.73. The molecule has 0 saturated heterocycles. The van der Waals surface area contributed by atoms with Crippen LogP contribution in [0.25, 0.3) is 0 Å². The Hall–Kier alpha value is -2.81. The summed E-state index contributed by atoms with van der Waals surface area (Å²) in [6, 6.07) is 9.04. The van der Waals surface area contributed by atoms with Crippen molar-refractivity contribution in [3.05, 3.63) is 47.2 Å². The van der Waals surface area contributed by atoms with E-state index in [4.69, 9.17) is 14.7 Å². The summed E-state index contributed by atoms with van der Waals surface area (Å²) in [6.07, 6.45) is 1.37. The molecule has 0 unspecified atom stereocenters. The molecule has 0 aliphatic carbocycles. The van der Waals surface area contributed by atoms with Gasteiger partial charge in [0.05, 0.1) is 24.4 Å². The van der Waals surface area contributed by atoms with Crippen molar-refractivity contribution in [1.29, 1.82) is 5.26 Å². The molecule has 2 rings (SSSR count). The molecule has 2 aromatic rings. The van der Waals surface area contributed by atoms with Crippen molar-refractivity contribution in [1.82, 2.24) is 10.2 Å². The Morgan fingerprint density at radius 1 is 1.40 bits per heavy atom. The molecule has 20 heavy (non-hydrogen) atoms. The van der Waals surface area contributed by atoms with Crippen molar-refractivity contribution in [2.24, 2.45) is 0 Å². The number of esters is 1. The first kappa shape index (κ1) is 13.6. The number of rotatable bonds is 5. The first-order valence-electron chi connectivity index (χ1n) is 6.07. The average molecular weight is 271 g/mol. The minimum absolute atomic E-state index is 0.264. The summed E-state index contributed by atoms with van der Waals surface area (Å²) in [6.45, 7) is 2.29. The zero-order valence-electron chi connectivity index (χ0n) is 10.9. The number of carbonyl (C=O) groups is 1. The van der Waals surface area contributed by atoms with Gasteiger partial charge in [-0.05, 0) is 24.6 Å². The minimum atomic E-state index is -0.476. The van der Waals surface area contributed by atoms with E-state index in [9.17, 15) is 4.79 Å². The smallest absolute Gasteiger partial charge is 0.345 e. The van der Waals surface area contributed by atoms with Crippen LogP contribution in [0.3, 0.4) is 0 Å². The lowest BCUT2D eigenvalue weighted by Crippen LogP contribution is -2.06. The number of hydrogen-bond donors (Lipinski definition) is 1. The zero-order chi connectivity index (χ0) is 14.4. The summed E-state index contributed by atoms with van der Waals surface area (Å²) >= 11 is 0. The van der Waals surface area contributed by atoms with Gasteiger partial charge in [0.1, 0.15) is 12.2 Å². The van der Waals surface area contributed by atoms with Gasteiger partial charge in [-0.25, -0.2) is 9.89 Å². The molecule has 0 radical (unpaired) electrons. The molecule has 102 valence electrons. The van der Waals surface area contributed by atoms with Crippen LogP contribution in [-0.4, -0.2) is 22.8 Å². The van der Waals surface area contributed by atoms with Gasteiger partial charge in [0.25, 0.3) is 0 Å². The Kier molecular flexibility index (Phi) is 4.35. The second-order valence-electron chi connectivity index (χ2n) is 3.93. The van der Waals surface area contributed by atoms with Crippen molar-refractivity contribution < 1.29 is 14.3 Å². The number of aromatic nitrogens is 2. The Bertz CT molecular complexity index is 626. The number of aromatic amines is 1. The van der Waals surface area contributed by atoms with E-state index < -0.39 is 5.97 Å². The van der Waals surface area contributed by atoms with Crippen LogP contribution in [0.15, 0.2) is 30.5 Å². The number of nitrogens with one attached hydrogen (secondary N) is 1.